The molecule has 4 rings (SSSR count). The highest BCUT2D eigenvalue weighted by Gasteiger charge is 2.26. The third kappa shape index (κ3) is 4.59. The van der Waals surface area contributed by atoms with E-state index in [1.165, 1.54) is 9.47 Å². The number of aromatic nitrogens is 3. The summed E-state index contributed by atoms with van der Waals surface area (Å²) < 4.78 is 6.56. The van der Waals surface area contributed by atoms with Crippen molar-refractivity contribution in [2.45, 2.75) is 33.2 Å². The smallest absolute Gasteiger partial charge is 0.330 e. The molecule has 3 N–H and O–H groups in total. The van der Waals surface area contributed by atoms with Gasteiger partial charge in [0.2, 0.25) is 0 Å². The number of para-hydroxylation sites is 1. The Bertz CT molecular complexity index is 1520. The number of benzene rings is 2. The number of rotatable bonds is 8. The fraction of sp³-hybridized carbons (Fsp3) is 0.259. The van der Waals surface area contributed by atoms with Crippen LogP contribution in [0.1, 0.15) is 37.0 Å². The molecule has 0 aliphatic heterocycles. The Kier molecular flexibility index (Phi) is 7.19. The van der Waals surface area contributed by atoms with Crippen LogP contribution in [0.4, 0.5) is 11.5 Å². The van der Waals surface area contributed by atoms with Crippen molar-refractivity contribution in [3.05, 3.63) is 81.0 Å². The molecule has 0 saturated carbocycles. The molecule has 0 bridgehead atoms. The first-order chi connectivity index (χ1) is 17.4. The van der Waals surface area contributed by atoms with E-state index in [2.05, 4.69) is 4.98 Å². The minimum absolute atomic E-state index is 0.0267. The van der Waals surface area contributed by atoms with E-state index in [4.69, 9.17) is 15.5 Å². The van der Waals surface area contributed by atoms with Crippen LogP contribution in [0, 0.1) is 0 Å². The number of amides is 1. The van der Waals surface area contributed by atoms with Gasteiger partial charge in [0.25, 0.3) is 11.5 Å². The molecule has 186 valence electrons. The number of fused-ring (bicyclic) bond motifs is 1. The number of pyridine rings is 1. The van der Waals surface area contributed by atoms with E-state index in [9.17, 15) is 14.4 Å². The number of ether oxygens (including phenoxy) is 1. The molecule has 2 heterocycles. The first kappa shape index (κ1) is 24.7. The van der Waals surface area contributed by atoms with Crippen molar-refractivity contribution in [2.75, 3.05) is 24.3 Å². The average molecular weight is 488 g/mol. The predicted octanol–water partition coefficient (Wildman–Crippen LogP) is 3.81. The number of nitrogen functional groups attached to an aromatic ring is 1. The second-order valence-electron chi connectivity index (χ2n) is 8.35. The molecule has 0 atom stereocenters. The Morgan fingerprint density at radius 2 is 1.83 bits per heavy atom. The molecule has 0 aliphatic rings. The van der Waals surface area contributed by atoms with Gasteiger partial charge >= 0.3 is 5.69 Å². The van der Waals surface area contributed by atoms with Crippen LogP contribution in [0.2, 0.25) is 0 Å². The summed E-state index contributed by atoms with van der Waals surface area (Å²) in [6, 6.07) is 16.4. The van der Waals surface area contributed by atoms with Gasteiger partial charge in [-0.25, -0.2) is 9.78 Å². The van der Waals surface area contributed by atoms with E-state index < -0.39 is 17.2 Å². The lowest BCUT2D eigenvalue weighted by atomic mass is 10.0. The van der Waals surface area contributed by atoms with E-state index in [0.717, 1.165) is 12.0 Å². The van der Waals surface area contributed by atoms with Crippen LogP contribution in [0.5, 0.6) is 5.75 Å². The maximum atomic E-state index is 14.0. The molecule has 9 nitrogen and oxygen atoms in total. The second-order valence-corrected chi connectivity index (χ2v) is 8.35. The topological polar surface area (TPSA) is 123 Å². The van der Waals surface area contributed by atoms with Gasteiger partial charge in [-0.3, -0.25) is 19.1 Å². The number of hydrogen-bond donors (Lipinski definition) is 2. The maximum Gasteiger partial charge on any atom is 0.330 e. The van der Waals surface area contributed by atoms with Gasteiger partial charge in [0, 0.05) is 24.0 Å². The van der Waals surface area contributed by atoms with Crippen molar-refractivity contribution >= 4 is 28.3 Å². The molecule has 0 radical (unpaired) electrons. The molecule has 1 amide bonds. The Morgan fingerprint density at radius 3 is 2.50 bits per heavy atom. The summed E-state index contributed by atoms with van der Waals surface area (Å²) in [6.45, 7) is 4.26. The Labute approximate surface area is 208 Å². The van der Waals surface area contributed by atoms with Crippen molar-refractivity contribution in [1.82, 2.24) is 14.5 Å². The molecule has 0 fully saturated rings. The van der Waals surface area contributed by atoms with Gasteiger partial charge in [-0.1, -0.05) is 31.5 Å². The zero-order chi connectivity index (χ0) is 25.8. The number of H-pyrrole nitrogens is 1. The Morgan fingerprint density at radius 1 is 1.11 bits per heavy atom. The minimum Gasteiger partial charge on any atom is -0.497 e. The SMILES string of the molecule is CCCCn1c(N)c(N(CC)C(=O)c2cc(-c3ccc(OC)cc3)nc3ccccc23)c(=O)[nH]c1=O. The molecule has 0 spiro atoms. The quantitative estimate of drug-likeness (QED) is 0.390. The van der Waals surface area contributed by atoms with Gasteiger partial charge in [-0.05, 0) is 49.7 Å². The highest BCUT2D eigenvalue weighted by molar-refractivity contribution is 6.14. The number of carbonyl (C=O) groups excluding carboxylic acids is 1. The number of nitrogens with one attached hydrogen (secondary N) is 1. The fourth-order valence-corrected chi connectivity index (χ4v) is 4.19. The molecular formula is C27H29N5O4. The number of hydrogen-bond acceptors (Lipinski definition) is 6. The number of nitrogens with zero attached hydrogens (tertiary/aromatic N) is 3. The summed E-state index contributed by atoms with van der Waals surface area (Å²) in [5.74, 6) is 0.269. The van der Waals surface area contributed by atoms with Crippen molar-refractivity contribution < 1.29 is 9.53 Å². The number of carbonyl (C=O) groups is 1. The molecule has 2 aromatic heterocycles. The lowest BCUT2D eigenvalue weighted by Gasteiger charge is -2.24. The minimum atomic E-state index is -0.700. The van der Waals surface area contributed by atoms with Crippen LogP contribution in [0.15, 0.2) is 64.2 Å². The highest BCUT2D eigenvalue weighted by atomic mass is 16.5. The van der Waals surface area contributed by atoms with Gasteiger partial charge < -0.3 is 15.4 Å². The van der Waals surface area contributed by atoms with Gasteiger partial charge in [0.1, 0.15) is 11.6 Å². The monoisotopic (exact) mass is 487 g/mol. The van der Waals surface area contributed by atoms with Crippen molar-refractivity contribution in [3.8, 4) is 17.0 Å². The maximum absolute atomic E-state index is 14.0. The Balaban J connectivity index is 1.87. The van der Waals surface area contributed by atoms with E-state index in [1.54, 1.807) is 20.1 Å². The highest BCUT2D eigenvalue weighted by Crippen LogP contribution is 2.29. The summed E-state index contributed by atoms with van der Waals surface area (Å²) in [7, 11) is 1.60. The molecule has 4 aromatic rings. The number of nitrogens with two attached hydrogens (primary N) is 1. The lowest BCUT2D eigenvalue weighted by Crippen LogP contribution is -2.41. The van der Waals surface area contributed by atoms with E-state index in [0.29, 0.717) is 40.9 Å². The van der Waals surface area contributed by atoms with Crippen LogP contribution < -0.4 is 26.6 Å². The summed E-state index contributed by atoms with van der Waals surface area (Å²) in [6.07, 6.45) is 1.55. The van der Waals surface area contributed by atoms with Crippen LogP contribution >= 0.6 is 0 Å². The zero-order valence-electron chi connectivity index (χ0n) is 20.6. The third-order valence-electron chi connectivity index (χ3n) is 6.11. The second kappa shape index (κ2) is 10.5. The summed E-state index contributed by atoms with van der Waals surface area (Å²) in [5, 5.41) is 0.646. The van der Waals surface area contributed by atoms with E-state index in [1.807, 2.05) is 55.5 Å². The number of unbranched alkanes of at least 4 members (excludes halogenated alkanes) is 1. The van der Waals surface area contributed by atoms with Crippen LogP contribution in [0.25, 0.3) is 22.2 Å². The molecule has 2 aromatic carbocycles. The van der Waals surface area contributed by atoms with E-state index >= 15 is 0 Å². The first-order valence-corrected chi connectivity index (χ1v) is 11.9. The normalized spacial score (nSPS) is 11.0. The fourth-order valence-electron chi connectivity index (χ4n) is 4.19. The molecule has 0 aliphatic carbocycles. The standard InChI is InChI=1S/C27H29N5O4/c1-4-6-15-32-24(28)23(25(33)30-27(32)35)31(5-2)26(34)20-16-22(17-11-13-18(36-3)14-12-17)29-21-10-8-7-9-19(20)21/h7-14,16H,4-6,15,28H2,1-3H3,(H,30,33,35). The van der Waals surface area contributed by atoms with Crippen LogP contribution in [0.3, 0.4) is 0 Å². The number of anilines is 2. The van der Waals surface area contributed by atoms with Gasteiger partial charge in [0.05, 0.1) is 23.9 Å². The van der Waals surface area contributed by atoms with Crippen LogP contribution in [-0.2, 0) is 6.54 Å². The van der Waals surface area contributed by atoms with Crippen molar-refractivity contribution in [2.24, 2.45) is 0 Å². The third-order valence-corrected chi connectivity index (χ3v) is 6.11. The van der Waals surface area contributed by atoms with Crippen molar-refractivity contribution in [3.63, 3.8) is 0 Å². The van der Waals surface area contributed by atoms with E-state index in [-0.39, 0.29) is 18.1 Å². The molecule has 0 unspecified atom stereocenters. The number of aromatic amines is 1. The largest absolute Gasteiger partial charge is 0.497 e. The lowest BCUT2D eigenvalue weighted by molar-refractivity contribution is 0.0989. The average Bonchev–Trinajstić information content (AvgIpc) is 2.90. The molecule has 36 heavy (non-hydrogen) atoms. The summed E-state index contributed by atoms with van der Waals surface area (Å²) in [5.41, 5.74) is 7.40. The summed E-state index contributed by atoms with van der Waals surface area (Å²) in [4.78, 5) is 47.6. The molecule has 0 saturated heterocycles. The Hall–Kier alpha value is -4.40. The summed E-state index contributed by atoms with van der Waals surface area (Å²) >= 11 is 0. The van der Waals surface area contributed by atoms with Gasteiger partial charge in [0.15, 0.2) is 5.69 Å². The molecular weight excluding hydrogens is 458 g/mol. The van der Waals surface area contributed by atoms with Gasteiger partial charge in [-0.15, -0.1) is 0 Å². The number of methoxy groups -OCH3 is 1. The van der Waals surface area contributed by atoms with Crippen molar-refractivity contribution in [1.29, 1.82) is 0 Å². The van der Waals surface area contributed by atoms with Crippen LogP contribution in [-0.4, -0.2) is 34.1 Å². The molecule has 9 heteroatoms. The predicted molar refractivity (Wildman–Crippen MR) is 142 cm³/mol. The first-order valence-electron chi connectivity index (χ1n) is 11.9. The zero-order valence-corrected chi connectivity index (χ0v) is 20.6. The van der Waals surface area contributed by atoms with Gasteiger partial charge in [-0.2, -0.15) is 0 Å².